The Morgan fingerprint density at radius 3 is 2.79 bits per heavy atom. The molecule has 1 unspecified atom stereocenters. The van der Waals surface area contributed by atoms with Crippen LogP contribution in [0, 0.1) is 6.92 Å². The number of hydrogen-bond donors (Lipinski definition) is 2. The highest BCUT2D eigenvalue weighted by atomic mass is 32.1. The number of hydrogen-bond acceptors (Lipinski definition) is 5. The molecule has 0 aliphatic rings. The van der Waals surface area contributed by atoms with Crippen molar-refractivity contribution in [1.29, 1.82) is 0 Å². The number of rotatable bonds is 3. The van der Waals surface area contributed by atoms with Crippen molar-refractivity contribution >= 4 is 22.2 Å². The largest absolute Gasteiger partial charge is 0.271 e. The first-order chi connectivity index (χ1) is 9.29. The van der Waals surface area contributed by atoms with E-state index in [1.54, 1.807) is 17.5 Å². The lowest BCUT2D eigenvalue weighted by Crippen LogP contribution is -2.28. The molecule has 0 radical (unpaired) electrons. The minimum atomic E-state index is -0.0789. The lowest BCUT2D eigenvalue weighted by molar-refractivity contribution is 0.648. The molecule has 3 rings (SSSR count). The quantitative estimate of drug-likeness (QED) is 0.567. The van der Waals surface area contributed by atoms with Gasteiger partial charge in [-0.15, -0.1) is 11.3 Å². The summed E-state index contributed by atoms with van der Waals surface area (Å²) in [5, 5.41) is 2.14. The Bertz CT molecular complexity index is 702. The standard InChI is InChI=1S/C14H14N4S/c1-9-17-8-12(19-9)14(18-15)11-6-2-4-10-5-3-7-16-13(10)11/h2-8,14,18H,15H2,1H3. The van der Waals surface area contributed by atoms with Crippen LogP contribution in [0.4, 0.5) is 0 Å². The highest BCUT2D eigenvalue weighted by Gasteiger charge is 2.17. The molecule has 19 heavy (non-hydrogen) atoms. The highest BCUT2D eigenvalue weighted by Crippen LogP contribution is 2.30. The molecule has 0 amide bonds. The third-order valence-electron chi connectivity index (χ3n) is 3.07. The summed E-state index contributed by atoms with van der Waals surface area (Å²) >= 11 is 1.64. The molecule has 0 aliphatic heterocycles. The smallest absolute Gasteiger partial charge is 0.0897 e. The number of fused-ring (bicyclic) bond motifs is 1. The number of aryl methyl sites for hydroxylation is 1. The second kappa shape index (κ2) is 5.05. The Labute approximate surface area is 115 Å². The van der Waals surface area contributed by atoms with Crippen LogP contribution in [0.25, 0.3) is 10.9 Å². The molecular weight excluding hydrogens is 256 g/mol. The molecule has 0 bridgehead atoms. The molecular formula is C14H14N4S. The lowest BCUT2D eigenvalue weighted by Gasteiger charge is -2.15. The van der Waals surface area contributed by atoms with Gasteiger partial charge in [0, 0.05) is 28.2 Å². The van der Waals surface area contributed by atoms with Crippen molar-refractivity contribution < 1.29 is 0 Å². The lowest BCUT2D eigenvalue weighted by atomic mass is 10.0. The van der Waals surface area contributed by atoms with Crippen LogP contribution in [-0.4, -0.2) is 9.97 Å². The third-order valence-corrected chi connectivity index (χ3v) is 4.04. The van der Waals surface area contributed by atoms with Crippen LogP contribution in [0.15, 0.2) is 42.7 Å². The van der Waals surface area contributed by atoms with Gasteiger partial charge in [-0.2, -0.15) is 0 Å². The van der Waals surface area contributed by atoms with Crippen molar-refractivity contribution in [2.24, 2.45) is 5.84 Å². The zero-order valence-electron chi connectivity index (χ0n) is 10.5. The summed E-state index contributed by atoms with van der Waals surface area (Å²) in [5.74, 6) is 5.74. The first-order valence-corrected chi connectivity index (χ1v) is 6.83. The number of aromatic nitrogens is 2. The molecule has 3 aromatic rings. The summed E-state index contributed by atoms with van der Waals surface area (Å²) in [6.07, 6.45) is 3.67. The highest BCUT2D eigenvalue weighted by molar-refractivity contribution is 7.11. The van der Waals surface area contributed by atoms with Crippen LogP contribution in [0.3, 0.4) is 0 Å². The van der Waals surface area contributed by atoms with Crippen molar-refractivity contribution in [2.75, 3.05) is 0 Å². The number of nitrogens with zero attached hydrogens (tertiary/aromatic N) is 2. The fraction of sp³-hybridized carbons (Fsp3) is 0.143. The first-order valence-electron chi connectivity index (χ1n) is 6.01. The maximum absolute atomic E-state index is 5.74. The Morgan fingerprint density at radius 2 is 2.05 bits per heavy atom. The van der Waals surface area contributed by atoms with Gasteiger partial charge in [-0.05, 0) is 13.0 Å². The summed E-state index contributed by atoms with van der Waals surface area (Å²) in [6, 6.07) is 10.0. The predicted octanol–water partition coefficient (Wildman–Crippen LogP) is 2.55. The van der Waals surface area contributed by atoms with E-state index in [2.05, 4.69) is 33.6 Å². The van der Waals surface area contributed by atoms with Crippen molar-refractivity contribution in [2.45, 2.75) is 13.0 Å². The number of para-hydroxylation sites is 1. The molecule has 0 spiro atoms. The van der Waals surface area contributed by atoms with Gasteiger partial charge < -0.3 is 0 Å². The Kier molecular flexibility index (Phi) is 3.25. The first kappa shape index (κ1) is 12.2. The third kappa shape index (κ3) is 2.23. The summed E-state index contributed by atoms with van der Waals surface area (Å²) in [5.41, 5.74) is 4.92. The predicted molar refractivity (Wildman–Crippen MR) is 77.8 cm³/mol. The Morgan fingerprint density at radius 1 is 1.21 bits per heavy atom. The van der Waals surface area contributed by atoms with Crippen molar-refractivity contribution in [3.05, 3.63) is 58.2 Å². The monoisotopic (exact) mass is 270 g/mol. The van der Waals surface area contributed by atoms with E-state index in [-0.39, 0.29) is 6.04 Å². The molecule has 2 aromatic heterocycles. The number of nitrogens with two attached hydrogens (primary N) is 1. The Hall–Kier alpha value is -1.82. The van der Waals surface area contributed by atoms with E-state index >= 15 is 0 Å². The molecule has 4 nitrogen and oxygen atoms in total. The topological polar surface area (TPSA) is 63.8 Å². The molecule has 5 heteroatoms. The molecule has 3 N–H and O–H groups in total. The van der Waals surface area contributed by atoms with Crippen LogP contribution in [0.2, 0.25) is 0 Å². The van der Waals surface area contributed by atoms with Gasteiger partial charge in [0.15, 0.2) is 0 Å². The van der Waals surface area contributed by atoms with Gasteiger partial charge in [0.2, 0.25) is 0 Å². The van der Waals surface area contributed by atoms with Gasteiger partial charge in [0.25, 0.3) is 0 Å². The number of nitrogens with one attached hydrogen (secondary N) is 1. The fourth-order valence-corrected chi connectivity index (χ4v) is 3.06. The number of benzene rings is 1. The number of hydrazine groups is 1. The summed E-state index contributed by atoms with van der Waals surface area (Å²) in [7, 11) is 0. The van der Waals surface area contributed by atoms with Crippen molar-refractivity contribution in [3.8, 4) is 0 Å². The zero-order valence-corrected chi connectivity index (χ0v) is 11.3. The molecule has 2 heterocycles. The van der Waals surface area contributed by atoms with Gasteiger partial charge in [0.05, 0.1) is 16.6 Å². The second-order valence-electron chi connectivity index (χ2n) is 4.30. The SMILES string of the molecule is Cc1ncc(C(NN)c2cccc3cccnc23)s1. The minimum absolute atomic E-state index is 0.0789. The summed E-state index contributed by atoms with van der Waals surface area (Å²) < 4.78 is 0. The van der Waals surface area contributed by atoms with Gasteiger partial charge in [-0.1, -0.05) is 24.3 Å². The van der Waals surface area contributed by atoms with Gasteiger partial charge in [0.1, 0.15) is 0 Å². The van der Waals surface area contributed by atoms with Crippen LogP contribution in [0.1, 0.15) is 21.5 Å². The normalized spacial score (nSPS) is 12.7. The average molecular weight is 270 g/mol. The van der Waals surface area contributed by atoms with Crippen LogP contribution in [-0.2, 0) is 0 Å². The number of thiazole rings is 1. The maximum atomic E-state index is 5.74. The molecule has 0 fully saturated rings. The van der Waals surface area contributed by atoms with Gasteiger partial charge in [-0.25, -0.2) is 10.4 Å². The zero-order chi connectivity index (χ0) is 13.2. The van der Waals surface area contributed by atoms with Crippen LogP contribution >= 0.6 is 11.3 Å². The Balaban J connectivity index is 2.16. The van der Waals surface area contributed by atoms with E-state index in [1.165, 1.54) is 0 Å². The minimum Gasteiger partial charge on any atom is -0.271 e. The summed E-state index contributed by atoms with van der Waals surface area (Å²) in [6.45, 7) is 1.99. The molecule has 1 atom stereocenters. The molecule has 0 aliphatic carbocycles. The van der Waals surface area contributed by atoms with E-state index in [4.69, 9.17) is 5.84 Å². The van der Waals surface area contributed by atoms with E-state index in [1.807, 2.05) is 25.3 Å². The number of pyridine rings is 1. The second-order valence-corrected chi connectivity index (χ2v) is 5.57. The summed E-state index contributed by atoms with van der Waals surface area (Å²) in [4.78, 5) is 9.86. The van der Waals surface area contributed by atoms with Crippen molar-refractivity contribution in [1.82, 2.24) is 15.4 Å². The molecule has 96 valence electrons. The fourth-order valence-electron chi connectivity index (χ4n) is 2.20. The van der Waals surface area contributed by atoms with E-state index in [0.29, 0.717) is 0 Å². The van der Waals surface area contributed by atoms with E-state index in [9.17, 15) is 0 Å². The van der Waals surface area contributed by atoms with Crippen LogP contribution in [0.5, 0.6) is 0 Å². The van der Waals surface area contributed by atoms with Crippen LogP contribution < -0.4 is 11.3 Å². The molecule has 0 saturated carbocycles. The maximum Gasteiger partial charge on any atom is 0.0897 e. The van der Waals surface area contributed by atoms with Crippen molar-refractivity contribution in [3.63, 3.8) is 0 Å². The van der Waals surface area contributed by atoms with Gasteiger partial charge >= 0.3 is 0 Å². The van der Waals surface area contributed by atoms with E-state index in [0.717, 1.165) is 26.4 Å². The van der Waals surface area contributed by atoms with Gasteiger partial charge in [-0.3, -0.25) is 10.8 Å². The molecule has 0 saturated heterocycles. The average Bonchev–Trinajstić information content (AvgIpc) is 2.86. The van der Waals surface area contributed by atoms with E-state index < -0.39 is 0 Å². The molecule has 1 aromatic carbocycles.